The molecule has 7 nitrogen and oxygen atoms in total. The first-order chi connectivity index (χ1) is 17.0. The molecule has 0 heterocycles. The summed E-state index contributed by atoms with van der Waals surface area (Å²) in [6.07, 6.45) is 0. The molecule has 176 valence electrons. The lowest BCUT2D eigenvalue weighted by Gasteiger charge is -2.10. The molecule has 4 rings (SSSR count). The third-order valence-corrected chi connectivity index (χ3v) is 5.12. The van der Waals surface area contributed by atoms with Crippen LogP contribution < -0.4 is 24.8 Å². The largest absolute Gasteiger partial charge is 0.497 e. The maximum absolute atomic E-state index is 12.5. The number of amides is 2. The molecule has 0 aromatic heterocycles. The SMILES string of the molecule is COc1cccc(NC(=O)c2ccc(Oc3ccc(C(=O)Nc4cccc(OC)c4)cc3)cc2)c1. The van der Waals surface area contributed by atoms with Gasteiger partial charge in [0.05, 0.1) is 14.2 Å². The van der Waals surface area contributed by atoms with Gasteiger partial charge in [0, 0.05) is 34.6 Å². The molecule has 0 fully saturated rings. The maximum Gasteiger partial charge on any atom is 0.255 e. The van der Waals surface area contributed by atoms with Gasteiger partial charge in [0.2, 0.25) is 0 Å². The minimum Gasteiger partial charge on any atom is -0.497 e. The summed E-state index contributed by atoms with van der Waals surface area (Å²) >= 11 is 0. The third kappa shape index (κ3) is 6.17. The Balaban J connectivity index is 1.35. The van der Waals surface area contributed by atoms with Crippen molar-refractivity contribution in [2.75, 3.05) is 24.9 Å². The van der Waals surface area contributed by atoms with Crippen molar-refractivity contribution in [2.24, 2.45) is 0 Å². The number of anilines is 2. The van der Waals surface area contributed by atoms with Crippen LogP contribution in [-0.2, 0) is 0 Å². The van der Waals surface area contributed by atoms with Crippen LogP contribution in [0.3, 0.4) is 0 Å². The van der Waals surface area contributed by atoms with Gasteiger partial charge in [-0.25, -0.2) is 0 Å². The normalized spacial score (nSPS) is 10.2. The second kappa shape index (κ2) is 10.9. The van der Waals surface area contributed by atoms with Crippen LogP contribution >= 0.6 is 0 Å². The van der Waals surface area contributed by atoms with E-state index >= 15 is 0 Å². The van der Waals surface area contributed by atoms with Gasteiger partial charge in [0.1, 0.15) is 23.0 Å². The van der Waals surface area contributed by atoms with E-state index in [2.05, 4.69) is 10.6 Å². The number of benzene rings is 4. The summed E-state index contributed by atoms with van der Waals surface area (Å²) < 4.78 is 16.2. The van der Waals surface area contributed by atoms with Crippen molar-refractivity contribution in [1.29, 1.82) is 0 Å². The summed E-state index contributed by atoms with van der Waals surface area (Å²) in [7, 11) is 3.15. The quantitative estimate of drug-likeness (QED) is 0.331. The molecule has 7 heteroatoms. The van der Waals surface area contributed by atoms with Crippen LogP contribution in [0, 0.1) is 0 Å². The van der Waals surface area contributed by atoms with Gasteiger partial charge in [-0.1, -0.05) is 12.1 Å². The summed E-state index contributed by atoms with van der Waals surface area (Å²) in [4.78, 5) is 25.0. The standard InChI is InChI=1S/C28H24N2O5/c1-33-25-7-3-5-21(17-25)29-27(31)19-9-13-23(14-10-19)35-24-15-11-20(12-16-24)28(32)30-22-6-4-8-26(18-22)34-2/h3-18H,1-2H3,(H,29,31)(H,30,32). The van der Waals surface area contributed by atoms with E-state index < -0.39 is 0 Å². The first-order valence-corrected chi connectivity index (χ1v) is 10.8. The number of carbonyl (C=O) groups is 2. The molecule has 0 radical (unpaired) electrons. The molecule has 4 aromatic carbocycles. The Labute approximate surface area is 203 Å². The van der Waals surface area contributed by atoms with Crippen molar-refractivity contribution >= 4 is 23.2 Å². The van der Waals surface area contributed by atoms with Gasteiger partial charge in [-0.3, -0.25) is 9.59 Å². The molecule has 0 saturated carbocycles. The molecule has 0 bridgehead atoms. The summed E-state index contributed by atoms with van der Waals surface area (Å²) in [6, 6.07) is 27.9. The van der Waals surface area contributed by atoms with Crippen LogP contribution in [0.1, 0.15) is 20.7 Å². The van der Waals surface area contributed by atoms with Crippen LogP contribution in [0.4, 0.5) is 11.4 Å². The van der Waals surface area contributed by atoms with Crippen LogP contribution in [0.5, 0.6) is 23.0 Å². The topological polar surface area (TPSA) is 85.9 Å². The smallest absolute Gasteiger partial charge is 0.255 e. The zero-order valence-electron chi connectivity index (χ0n) is 19.3. The highest BCUT2D eigenvalue weighted by Gasteiger charge is 2.09. The van der Waals surface area contributed by atoms with Crippen molar-refractivity contribution in [3.8, 4) is 23.0 Å². The maximum atomic E-state index is 12.5. The molecular weight excluding hydrogens is 444 g/mol. The fourth-order valence-electron chi connectivity index (χ4n) is 3.29. The minimum atomic E-state index is -0.240. The number of ether oxygens (including phenoxy) is 3. The summed E-state index contributed by atoms with van der Waals surface area (Å²) in [5, 5.41) is 5.68. The van der Waals surface area contributed by atoms with Gasteiger partial charge < -0.3 is 24.8 Å². The molecule has 2 amide bonds. The lowest BCUT2D eigenvalue weighted by molar-refractivity contribution is 0.101. The number of nitrogens with one attached hydrogen (secondary N) is 2. The van der Waals surface area contributed by atoms with Crippen molar-refractivity contribution in [3.63, 3.8) is 0 Å². The monoisotopic (exact) mass is 468 g/mol. The van der Waals surface area contributed by atoms with E-state index in [4.69, 9.17) is 14.2 Å². The Morgan fingerprint density at radius 1 is 0.543 bits per heavy atom. The third-order valence-electron chi connectivity index (χ3n) is 5.12. The Morgan fingerprint density at radius 3 is 1.31 bits per heavy atom. The number of hydrogen-bond acceptors (Lipinski definition) is 5. The number of methoxy groups -OCH3 is 2. The van der Waals surface area contributed by atoms with E-state index in [1.54, 1.807) is 111 Å². The van der Waals surface area contributed by atoms with Gasteiger partial charge in [-0.2, -0.15) is 0 Å². The van der Waals surface area contributed by atoms with Gasteiger partial charge in [-0.15, -0.1) is 0 Å². The second-order valence-corrected chi connectivity index (χ2v) is 7.52. The van der Waals surface area contributed by atoms with Crippen LogP contribution in [-0.4, -0.2) is 26.0 Å². The molecule has 35 heavy (non-hydrogen) atoms. The average molecular weight is 469 g/mol. The van der Waals surface area contributed by atoms with Gasteiger partial charge >= 0.3 is 0 Å². The number of carbonyl (C=O) groups excluding carboxylic acids is 2. The summed E-state index contributed by atoms with van der Waals surface area (Å²) in [5.41, 5.74) is 2.27. The van der Waals surface area contributed by atoms with Crippen LogP contribution in [0.2, 0.25) is 0 Å². The minimum absolute atomic E-state index is 0.240. The van der Waals surface area contributed by atoms with Gasteiger partial charge in [0.15, 0.2) is 0 Å². The van der Waals surface area contributed by atoms with Crippen LogP contribution in [0.25, 0.3) is 0 Å². The van der Waals surface area contributed by atoms with E-state index in [-0.39, 0.29) is 11.8 Å². The van der Waals surface area contributed by atoms with E-state index in [0.29, 0.717) is 45.5 Å². The zero-order chi connectivity index (χ0) is 24.6. The molecule has 0 aliphatic rings. The van der Waals surface area contributed by atoms with Gasteiger partial charge in [-0.05, 0) is 72.8 Å². The number of hydrogen-bond donors (Lipinski definition) is 2. The Kier molecular flexibility index (Phi) is 7.28. The molecule has 0 unspecified atom stereocenters. The highest BCUT2D eigenvalue weighted by atomic mass is 16.5. The predicted molar refractivity (Wildman–Crippen MR) is 135 cm³/mol. The molecular formula is C28H24N2O5. The fraction of sp³-hybridized carbons (Fsp3) is 0.0714. The Morgan fingerprint density at radius 2 is 0.943 bits per heavy atom. The molecule has 0 spiro atoms. The molecule has 0 aliphatic heterocycles. The van der Waals surface area contributed by atoms with E-state index in [0.717, 1.165) is 0 Å². The Hall–Kier alpha value is -4.78. The fourth-order valence-corrected chi connectivity index (χ4v) is 3.29. The first kappa shape index (κ1) is 23.4. The zero-order valence-corrected chi connectivity index (χ0v) is 19.3. The highest BCUT2D eigenvalue weighted by Crippen LogP contribution is 2.24. The highest BCUT2D eigenvalue weighted by molar-refractivity contribution is 6.05. The first-order valence-electron chi connectivity index (χ1n) is 10.8. The van der Waals surface area contributed by atoms with Crippen molar-refractivity contribution in [3.05, 3.63) is 108 Å². The lowest BCUT2D eigenvalue weighted by Crippen LogP contribution is -2.11. The van der Waals surface area contributed by atoms with Crippen molar-refractivity contribution in [2.45, 2.75) is 0 Å². The van der Waals surface area contributed by atoms with Crippen molar-refractivity contribution < 1.29 is 23.8 Å². The van der Waals surface area contributed by atoms with Crippen LogP contribution in [0.15, 0.2) is 97.1 Å². The molecule has 4 aromatic rings. The number of rotatable bonds is 8. The molecule has 2 N–H and O–H groups in total. The second-order valence-electron chi connectivity index (χ2n) is 7.52. The molecule has 0 atom stereocenters. The van der Waals surface area contributed by atoms with E-state index in [9.17, 15) is 9.59 Å². The van der Waals surface area contributed by atoms with E-state index in [1.165, 1.54) is 0 Å². The predicted octanol–water partition coefficient (Wildman–Crippen LogP) is 6.00. The molecule has 0 aliphatic carbocycles. The lowest BCUT2D eigenvalue weighted by atomic mass is 10.2. The average Bonchev–Trinajstić information content (AvgIpc) is 2.89. The molecule has 0 saturated heterocycles. The van der Waals surface area contributed by atoms with Gasteiger partial charge in [0.25, 0.3) is 11.8 Å². The van der Waals surface area contributed by atoms with Crippen molar-refractivity contribution in [1.82, 2.24) is 0 Å². The van der Waals surface area contributed by atoms with E-state index in [1.807, 2.05) is 0 Å². The summed E-state index contributed by atoms with van der Waals surface area (Å²) in [5.74, 6) is 1.98. The Bertz CT molecular complexity index is 1220. The summed E-state index contributed by atoms with van der Waals surface area (Å²) in [6.45, 7) is 0.